The van der Waals surface area contributed by atoms with Crippen molar-refractivity contribution in [2.24, 2.45) is 5.10 Å². The van der Waals surface area contributed by atoms with Crippen molar-refractivity contribution < 1.29 is 19.4 Å². The van der Waals surface area contributed by atoms with Crippen molar-refractivity contribution in [3.8, 4) is 5.75 Å². The van der Waals surface area contributed by atoms with Gasteiger partial charge in [0.15, 0.2) is 11.7 Å². The molecule has 1 rings (SSSR count). The molecule has 7 nitrogen and oxygen atoms in total. The molecule has 0 saturated carbocycles. The average Bonchev–Trinajstić information content (AvgIpc) is 2.46. The number of hydrogen-bond acceptors (Lipinski definition) is 5. The Balaban J connectivity index is 2.55. The van der Waals surface area contributed by atoms with Crippen molar-refractivity contribution in [2.75, 3.05) is 20.3 Å². The lowest BCUT2D eigenvalue weighted by Crippen LogP contribution is -2.40. The van der Waals surface area contributed by atoms with Crippen LogP contribution in [0, 0.1) is 0 Å². The maximum absolute atomic E-state index is 10.5. The third-order valence-corrected chi connectivity index (χ3v) is 2.64. The second kappa shape index (κ2) is 9.69. The molecule has 3 N–H and O–H groups in total. The highest BCUT2D eigenvalue weighted by Crippen LogP contribution is 2.15. The van der Waals surface area contributed by atoms with E-state index in [9.17, 15) is 4.79 Å². The van der Waals surface area contributed by atoms with Gasteiger partial charge in [-0.3, -0.25) is 5.43 Å². The summed E-state index contributed by atoms with van der Waals surface area (Å²) in [6.45, 7) is 2.04. The summed E-state index contributed by atoms with van der Waals surface area (Å²) in [7, 11) is 1.61. The average molecular weight is 325 g/mol. The first kappa shape index (κ1) is 17.9. The van der Waals surface area contributed by atoms with Crippen molar-refractivity contribution >= 4 is 29.5 Å². The zero-order chi connectivity index (χ0) is 16.4. The Morgan fingerprint density at radius 3 is 2.91 bits per heavy atom. The number of methoxy groups -OCH3 is 1. The third kappa shape index (κ3) is 7.00. The van der Waals surface area contributed by atoms with Gasteiger partial charge in [0, 0.05) is 18.7 Å². The number of carbonyl (C=O) groups is 1. The minimum Gasteiger partial charge on any atom is -0.481 e. The molecule has 0 unspecified atom stereocenters. The molecule has 0 spiro atoms. The van der Waals surface area contributed by atoms with Crippen molar-refractivity contribution in [1.29, 1.82) is 0 Å². The van der Waals surface area contributed by atoms with E-state index in [-0.39, 0.29) is 6.04 Å². The first-order chi connectivity index (χ1) is 10.5. The van der Waals surface area contributed by atoms with Crippen molar-refractivity contribution in [2.45, 2.75) is 13.0 Å². The van der Waals surface area contributed by atoms with Gasteiger partial charge in [-0.1, -0.05) is 12.1 Å². The van der Waals surface area contributed by atoms with Gasteiger partial charge >= 0.3 is 5.97 Å². The molecule has 1 aromatic carbocycles. The number of para-hydroxylation sites is 1. The quantitative estimate of drug-likeness (QED) is 0.373. The number of carboxylic acids is 1. The lowest BCUT2D eigenvalue weighted by atomic mass is 10.2. The molecule has 0 fully saturated rings. The molecular formula is C14H19N3O4S. The Morgan fingerprint density at radius 2 is 2.23 bits per heavy atom. The maximum Gasteiger partial charge on any atom is 0.341 e. The number of benzene rings is 1. The molecular weight excluding hydrogens is 306 g/mol. The molecule has 0 amide bonds. The molecule has 0 aromatic heterocycles. The van der Waals surface area contributed by atoms with Crippen LogP contribution in [0.3, 0.4) is 0 Å². The molecule has 0 aliphatic carbocycles. The SMILES string of the molecule is COC[C@@H](C)NC(=S)N/N=C\c1ccccc1OCC(=O)O. The van der Waals surface area contributed by atoms with Crippen molar-refractivity contribution in [1.82, 2.24) is 10.7 Å². The molecule has 1 aromatic rings. The number of hydrogen-bond donors (Lipinski definition) is 3. The second-order valence-corrected chi connectivity index (χ2v) is 4.83. The van der Waals surface area contributed by atoms with Crippen molar-refractivity contribution in [3.05, 3.63) is 29.8 Å². The smallest absolute Gasteiger partial charge is 0.341 e. The Morgan fingerprint density at radius 1 is 1.50 bits per heavy atom. The van der Waals surface area contributed by atoms with Crippen LogP contribution in [0.15, 0.2) is 29.4 Å². The van der Waals surface area contributed by atoms with Gasteiger partial charge in [0.2, 0.25) is 0 Å². The number of rotatable bonds is 8. The highest BCUT2D eigenvalue weighted by Gasteiger charge is 2.04. The van der Waals surface area contributed by atoms with E-state index in [0.717, 1.165) is 0 Å². The van der Waals surface area contributed by atoms with Gasteiger partial charge in [0.05, 0.1) is 12.8 Å². The Labute approximate surface area is 134 Å². The number of aliphatic carboxylic acids is 1. The fourth-order valence-corrected chi connectivity index (χ4v) is 1.82. The Kier molecular flexibility index (Phi) is 7.87. The molecule has 8 heteroatoms. The van der Waals surface area contributed by atoms with Crippen LogP contribution < -0.4 is 15.5 Å². The Hall–Kier alpha value is -2.19. The van der Waals surface area contributed by atoms with Crippen LogP contribution in [0.5, 0.6) is 5.75 Å². The zero-order valence-electron chi connectivity index (χ0n) is 12.4. The minimum atomic E-state index is -1.04. The van der Waals surface area contributed by atoms with Crippen LogP contribution in [-0.4, -0.2) is 48.8 Å². The highest BCUT2D eigenvalue weighted by atomic mass is 32.1. The molecule has 0 bridgehead atoms. The molecule has 120 valence electrons. The van der Waals surface area contributed by atoms with Gasteiger partial charge in [-0.15, -0.1) is 0 Å². The second-order valence-electron chi connectivity index (χ2n) is 4.42. The zero-order valence-corrected chi connectivity index (χ0v) is 13.2. The minimum absolute atomic E-state index is 0.0615. The van der Waals surface area contributed by atoms with E-state index in [2.05, 4.69) is 15.8 Å². The summed E-state index contributed by atoms with van der Waals surface area (Å²) in [5.41, 5.74) is 3.32. The molecule has 0 aliphatic rings. The van der Waals surface area contributed by atoms with E-state index in [1.807, 2.05) is 6.92 Å². The normalized spacial score (nSPS) is 11.9. The van der Waals surface area contributed by atoms with Crippen LogP contribution in [-0.2, 0) is 9.53 Å². The fourth-order valence-electron chi connectivity index (χ4n) is 1.57. The van der Waals surface area contributed by atoms with E-state index in [0.29, 0.717) is 23.0 Å². The molecule has 0 heterocycles. The lowest BCUT2D eigenvalue weighted by Gasteiger charge is -2.13. The van der Waals surface area contributed by atoms with Gasteiger partial charge in [0.25, 0.3) is 0 Å². The summed E-state index contributed by atoms with van der Waals surface area (Å²) in [4.78, 5) is 10.5. The number of nitrogens with one attached hydrogen (secondary N) is 2. The summed E-state index contributed by atoms with van der Waals surface area (Å²) in [5.74, 6) is -0.607. The van der Waals surface area contributed by atoms with Crippen LogP contribution in [0.2, 0.25) is 0 Å². The standard InChI is InChI=1S/C14H19N3O4S/c1-10(8-20-2)16-14(22)17-15-7-11-5-3-4-6-12(11)21-9-13(18)19/h3-7,10H,8-9H2,1-2H3,(H,18,19)(H2,16,17,22)/b15-7-/t10-/m1/s1. The van der Waals surface area contributed by atoms with Gasteiger partial charge in [0.1, 0.15) is 5.75 Å². The van der Waals surface area contributed by atoms with E-state index in [1.54, 1.807) is 31.4 Å². The van der Waals surface area contributed by atoms with Crippen LogP contribution in [0.4, 0.5) is 0 Å². The van der Waals surface area contributed by atoms with Gasteiger partial charge < -0.3 is 19.9 Å². The maximum atomic E-state index is 10.5. The van der Waals surface area contributed by atoms with Gasteiger partial charge in [-0.2, -0.15) is 5.10 Å². The summed E-state index contributed by atoms with van der Waals surface area (Å²) in [6, 6.07) is 7.03. The summed E-state index contributed by atoms with van der Waals surface area (Å²) in [6.07, 6.45) is 1.51. The van der Waals surface area contributed by atoms with Gasteiger partial charge in [-0.25, -0.2) is 4.79 Å². The topological polar surface area (TPSA) is 92.2 Å². The third-order valence-electron chi connectivity index (χ3n) is 2.43. The number of thiocarbonyl (C=S) groups is 1. The Bertz CT molecular complexity index is 537. The number of carboxylic acid groups (broad SMARTS) is 1. The first-order valence-electron chi connectivity index (χ1n) is 6.55. The monoisotopic (exact) mass is 325 g/mol. The molecule has 0 radical (unpaired) electrons. The van der Waals surface area contributed by atoms with E-state index >= 15 is 0 Å². The van der Waals surface area contributed by atoms with Crippen LogP contribution in [0.25, 0.3) is 0 Å². The highest BCUT2D eigenvalue weighted by molar-refractivity contribution is 7.80. The summed E-state index contributed by atoms with van der Waals surface area (Å²) >= 11 is 5.08. The summed E-state index contributed by atoms with van der Waals surface area (Å²) in [5, 5.41) is 16.0. The molecule has 0 saturated heterocycles. The predicted octanol–water partition coefficient (Wildman–Crippen LogP) is 0.983. The fraction of sp³-hybridized carbons (Fsp3) is 0.357. The van der Waals surface area contributed by atoms with Crippen LogP contribution in [0.1, 0.15) is 12.5 Å². The van der Waals surface area contributed by atoms with Crippen molar-refractivity contribution in [3.63, 3.8) is 0 Å². The molecule has 22 heavy (non-hydrogen) atoms. The first-order valence-corrected chi connectivity index (χ1v) is 6.96. The van der Waals surface area contributed by atoms with E-state index < -0.39 is 12.6 Å². The molecule has 0 aliphatic heterocycles. The number of ether oxygens (including phenoxy) is 2. The van der Waals surface area contributed by atoms with E-state index in [4.69, 9.17) is 26.8 Å². The van der Waals surface area contributed by atoms with Crippen LogP contribution >= 0.6 is 12.2 Å². The van der Waals surface area contributed by atoms with Gasteiger partial charge in [-0.05, 0) is 31.3 Å². The lowest BCUT2D eigenvalue weighted by molar-refractivity contribution is -0.139. The summed E-state index contributed by atoms with van der Waals surface area (Å²) < 4.78 is 10.2. The predicted molar refractivity (Wildman–Crippen MR) is 87.4 cm³/mol. The molecule has 1 atom stereocenters. The number of nitrogens with zero attached hydrogens (tertiary/aromatic N) is 1. The largest absolute Gasteiger partial charge is 0.481 e. The van der Waals surface area contributed by atoms with E-state index in [1.165, 1.54) is 6.21 Å². The number of hydrazone groups is 1.